The summed E-state index contributed by atoms with van der Waals surface area (Å²) in [4.78, 5) is 13.2. The number of halogens is 1. The van der Waals surface area contributed by atoms with Crippen LogP contribution < -0.4 is 5.32 Å². The quantitative estimate of drug-likeness (QED) is 0.594. The van der Waals surface area contributed by atoms with Crippen molar-refractivity contribution < 1.29 is 4.79 Å². The van der Waals surface area contributed by atoms with Gasteiger partial charge in [-0.15, -0.1) is 11.8 Å². The predicted molar refractivity (Wildman–Crippen MR) is 94.5 cm³/mol. The first-order valence-electron chi connectivity index (χ1n) is 7.39. The van der Waals surface area contributed by atoms with E-state index in [1.165, 1.54) is 5.56 Å². The summed E-state index contributed by atoms with van der Waals surface area (Å²) in [5.41, 5.74) is 1.24. The van der Waals surface area contributed by atoms with Crippen LogP contribution in [0, 0.1) is 0 Å². The van der Waals surface area contributed by atoms with Crippen LogP contribution in [0.1, 0.15) is 18.9 Å². The van der Waals surface area contributed by atoms with Gasteiger partial charge in [0, 0.05) is 16.5 Å². The third-order valence-corrected chi connectivity index (χ3v) is 4.64. The largest absolute Gasteiger partial charge is 0.355 e. The van der Waals surface area contributed by atoms with Gasteiger partial charge in [-0.2, -0.15) is 0 Å². The molecule has 0 saturated heterocycles. The highest BCUT2D eigenvalue weighted by Gasteiger charge is 2.13. The monoisotopic (exact) mass is 333 g/mol. The molecular weight excluding hydrogens is 314 g/mol. The van der Waals surface area contributed by atoms with E-state index in [9.17, 15) is 4.79 Å². The Morgan fingerprint density at radius 3 is 2.50 bits per heavy atom. The summed E-state index contributed by atoms with van der Waals surface area (Å²) in [7, 11) is 0. The van der Waals surface area contributed by atoms with Crippen molar-refractivity contribution in [3.05, 3.63) is 65.2 Å². The first-order valence-corrected chi connectivity index (χ1v) is 8.65. The van der Waals surface area contributed by atoms with Gasteiger partial charge in [-0.3, -0.25) is 4.79 Å². The molecule has 4 heteroatoms. The molecule has 1 amide bonds. The second-order valence-corrected chi connectivity index (χ2v) is 6.94. The zero-order valence-electron chi connectivity index (χ0n) is 12.6. The van der Waals surface area contributed by atoms with Gasteiger partial charge >= 0.3 is 0 Å². The highest BCUT2D eigenvalue weighted by atomic mass is 35.5. The molecule has 0 aliphatic rings. The summed E-state index contributed by atoms with van der Waals surface area (Å²) in [5, 5.41) is 3.67. The van der Waals surface area contributed by atoms with Crippen LogP contribution in [-0.2, 0) is 11.2 Å². The molecule has 0 spiro atoms. The topological polar surface area (TPSA) is 29.1 Å². The highest BCUT2D eigenvalue weighted by Crippen LogP contribution is 2.22. The highest BCUT2D eigenvalue weighted by molar-refractivity contribution is 8.00. The van der Waals surface area contributed by atoms with Crippen molar-refractivity contribution in [2.75, 3.05) is 6.54 Å². The van der Waals surface area contributed by atoms with Crippen LogP contribution in [0.25, 0.3) is 0 Å². The minimum atomic E-state index is -0.0852. The standard InChI is InChI=1S/C18H20ClNOS/c1-14(22-17-7-3-2-4-8-17)18(21)20-13-5-6-15-9-11-16(19)12-10-15/h2-4,7-12,14H,5-6,13H2,1H3,(H,20,21). The predicted octanol–water partition coefficient (Wildman–Crippen LogP) is 4.57. The van der Waals surface area contributed by atoms with Gasteiger partial charge in [-0.25, -0.2) is 0 Å². The van der Waals surface area contributed by atoms with Gasteiger partial charge in [0.05, 0.1) is 5.25 Å². The number of nitrogens with one attached hydrogen (secondary N) is 1. The van der Waals surface area contributed by atoms with Crippen LogP contribution in [-0.4, -0.2) is 17.7 Å². The Labute approximate surface area is 141 Å². The van der Waals surface area contributed by atoms with E-state index in [0.717, 1.165) is 22.8 Å². The lowest BCUT2D eigenvalue weighted by molar-refractivity contribution is -0.120. The average Bonchev–Trinajstić information content (AvgIpc) is 2.54. The first-order chi connectivity index (χ1) is 10.6. The van der Waals surface area contributed by atoms with E-state index in [1.54, 1.807) is 11.8 Å². The van der Waals surface area contributed by atoms with Crippen molar-refractivity contribution in [2.24, 2.45) is 0 Å². The van der Waals surface area contributed by atoms with E-state index in [4.69, 9.17) is 11.6 Å². The molecular formula is C18H20ClNOS. The SMILES string of the molecule is CC(Sc1ccccc1)C(=O)NCCCc1ccc(Cl)cc1. The number of thioether (sulfide) groups is 1. The van der Waals surface area contributed by atoms with Gasteiger partial charge in [-0.05, 0) is 49.6 Å². The van der Waals surface area contributed by atoms with E-state index < -0.39 is 0 Å². The van der Waals surface area contributed by atoms with E-state index in [1.807, 2.05) is 61.5 Å². The van der Waals surface area contributed by atoms with Crippen molar-refractivity contribution in [2.45, 2.75) is 29.9 Å². The van der Waals surface area contributed by atoms with Gasteiger partial charge in [0.1, 0.15) is 0 Å². The van der Waals surface area contributed by atoms with Gasteiger partial charge in [-0.1, -0.05) is 41.9 Å². The van der Waals surface area contributed by atoms with Crippen molar-refractivity contribution in [1.82, 2.24) is 5.32 Å². The maximum atomic E-state index is 12.1. The summed E-state index contributed by atoms with van der Waals surface area (Å²) >= 11 is 7.44. The van der Waals surface area contributed by atoms with Crippen LogP contribution in [0.5, 0.6) is 0 Å². The van der Waals surface area contributed by atoms with Crippen molar-refractivity contribution in [3.63, 3.8) is 0 Å². The van der Waals surface area contributed by atoms with Crippen LogP contribution in [0.4, 0.5) is 0 Å². The first kappa shape index (κ1) is 16.9. The van der Waals surface area contributed by atoms with Gasteiger partial charge in [0.15, 0.2) is 0 Å². The van der Waals surface area contributed by atoms with Crippen molar-refractivity contribution in [3.8, 4) is 0 Å². The third kappa shape index (κ3) is 5.74. The van der Waals surface area contributed by atoms with Gasteiger partial charge < -0.3 is 5.32 Å². The fourth-order valence-electron chi connectivity index (χ4n) is 2.06. The summed E-state index contributed by atoms with van der Waals surface area (Å²) in [5.74, 6) is 0.0879. The number of rotatable bonds is 7. The minimum Gasteiger partial charge on any atom is -0.355 e. The number of hydrogen-bond donors (Lipinski definition) is 1. The average molecular weight is 334 g/mol. The molecule has 0 radical (unpaired) electrons. The Morgan fingerprint density at radius 2 is 1.82 bits per heavy atom. The van der Waals surface area contributed by atoms with E-state index in [2.05, 4.69) is 5.32 Å². The Morgan fingerprint density at radius 1 is 1.14 bits per heavy atom. The second kappa shape index (κ2) is 8.86. The van der Waals surface area contributed by atoms with Crippen LogP contribution in [0.15, 0.2) is 59.5 Å². The van der Waals surface area contributed by atoms with Crippen molar-refractivity contribution in [1.29, 1.82) is 0 Å². The molecule has 0 aliphatic carbocycles. The number of aryl methyl sites for hydroxylation is 1. The molecule has 2 aromatic rings. The zero-order chi connectivity index (χ0) is 15.8. The smallest absolute Gasteiger partial charge is 0.233 e. The Balaban J connectivity index is 1.67. The van der Waals surface area contributed by atoms with E-state index in [-0.39, 0.29) is 11.2 Å². The van der Waals surface area contributed by atoms with Gasteiger partial charge in [0.25, 0.3) is 0 Å². The number of hydrogen-bond acceptors (Lipinski definition) is 2. The molecule has 0 fully saturated rings. The molecule has 0 aliphatic heterocycles. The second-order valence-electron chi connectivity index (χ2n) is 5.09. The summed E-state index contributed by atoms with van der Waals surface area (Å²) in [6.45, 7) is 2.63. The Kier molecular flexibility index (Phi) is 6.81. The van der Waals surface area contributed by atoms with Crippen LogP contribution in [0.2, 0.25) is 5.02 Å². The summed E-state index contributed by atoms with van der Waals surface area (Å²) in [6, 6.07) is 17.8. The zero-order valence-corrected chi connectivity index (χ0v) is 14.2. The molecule has 2 aromatic carbocycles. The maximum Gasteiger partial charge on any atom is 0.233 e. The molecule has 1 atom stereocenters. The molecule has 1 unspecified atom stereocenters. The molecule has 22 heavy (non-hydrogen) atoms. The van der Waals surface area contributed by atoms with Crippen LogP contribution in [0.3, 0.4) is 0 Å². The van der Waals surface area contributed by atoms with E-state index in [0.29, 0.717) is 6.54 Å². The number of carbonyl (C=O) groups is 1. The lowest BCUT2D eigenvalue weighted by Gasteiger charge is -2.12. The summed E-state index contributed by atoms with van der Waals surface area (Å²) in [6.07, 6.45) is 1.87. The minimum absolute atomic E-state index is 0.0852. The molecule has 0 bridgehead atoms. The summed E-state index contributed by atoms with van der Waals surface area (Å²) < 4.78 is 0. The molecule has 0 aromatic heterocycles. The Hall–Kier alpha value is -1.45. The normalized spacial score (nSPS) is 11.9. The molecule has 2 rings (SSSR count). The number of carbonyl (C=O) groups excluding carboxylic acids is 1. The molecule has 1 N–H and O–H groups in total. The number of benzene rings is 2. The number of amides is 1. The fourth-order valence-corrected chi connectivity index (χ4v) is 3.09. The molecule has 0 saturated carbocycles. The maximum absolute atomic E-state index is 12.1. The lowest BCUT2D eigenvalue weighted by Crippen LogP contribution is -2.31. The molecule has 2 nitrogen and oxygen atoms in total. The van der Waals surface area contributed by atoms with Crippen molar-refractivity contribution >= 4 is 29.3 Å². The lowest BCUT2D eigenvalue weighted by atomic mass is 10.1. The third-order valence-electron chi connectivity index (χ3n) is 3.28. The molecule has 0 heterocycles. The fraction of sp³-hybridized carbons (Fsp3) is 0.278. The van der Waals surface area contributed by atoms with E-state index >= 15 is 0 Å². The molecule has 116 valence electrons. The van der Waals surface area contributed by atoms with Crippen LogP contribution >= 0.6 is 23.4 Å². The Bertz CT molecular complexity index is 586. The van der Waals surface area contributed by atoms with Gasteiger partial charge in [0.2, 0.25) is 5.91 Å².